The first-order valence-electron chi connectivity index (χ1n) is 11.9. The zero-order valence-corrected chi connectivity index (χ0v) is 24.3. The molecule has 0 aliphatic carbocycles. The summed E-state index contributed by atoms with van der Waals surface area (Å²) in [6, 6.07) is 9.31. The van der Waals surface area contributed by atoms with Crippen LogP contribution in [0.3, 0.4) is 0 Å². The summed E-state index contributed by atoms with van der Waals surface area (Å²) in [6.45, 7) is 3.90. The van der Waals surface area contributed by atoms with Crippen molar-refractivity contribution in [1.82, 2.24) is 14.7 Å². The summed E-state index contributed by atoms with van der Waals surface area (Å²) in [5.74, 6) is 0.228. The van der Waals surface area contributed by atoms with Crippen LogP contribution in [0, 0.1) is 6.92 Å². The molecule has 0 saturated heterocycles. The van der Waals surface area contributed by atoms with Gasteiger partial charge in [-0.15, -0.1) is 0 Å². The number of sulfonamides is 1. The fourth-order valence-electron chi connectivity index (χ4n) is 3.96. The number of nitrogens with zero attached hydrogens (tertiary/aromatic N) is 5. The van der Waals surface area contributed by atoms with Gasteiger partial charge in [0.15, 0.2) is 11.5 Å². The van der Waals surface area contributed by atoms with Crippen molar-refractivity contribution in [3.05, 3.63) is 58.9 Å². The van der Waals surface area contributed by atoms with E-state index in [0.717, 1.165) is 21.2 Å². The van der Waals surface area contributed by atoms with Crippen molar-refractivity contribution in [1.29, 1.82) is 0 Å². The van der Waals surface area contributed by atoms with Gasteiger partial charge in [-0.25, -0.2) is 8.42 Å². The quantitative estimate of drug-likeness (QED) is 0.351. The Morgan fingerprint density at radius 1 is 1.08 bits per heavy atom. The topological polar surface area (TPSA) is 97.2 Å². The lowest BCUT2D eigenvalue weighted by Gasteiger charge is -2.29. The first-order valence-corrected chi connectivity index (χ1v) is 13.7. The van der Waals surface area contributed by atoms with Crippen LogP contribution in [0.2, 0.25) is 5.02 Å². The molecule has 3 aromatic rings. The third-order valence-electron chi connectivity index (χ3n) is 6.13. The second-order valence-corrected chi connectivity index (χ2v) is 11.2. The molecule has 12 heteroatoms. The molecule has 0 radical (unpaired) electrons. The zero-order valence-electron chi connectivity index (χ0n) is 22.7. The number of aromatic nitrogens is 2. The number of carbonyl (C=O) groups is 1. The number of aryl methyl sites for hydroxylation is 2. The second kappa shape index (κ2) is 12.0. The van der Waals surface area contributed by atoms with E-state index in [1.54, 1.807) is 27.8 Å². The number of anilines is 2. The highest BCUT2D eigenvalue weighted by Gasteiger charge is 2.31. The number of halogens is 1. The average Bonchev–Trinajstić information content (AvgIpc) is 3.21. The van der Waals surface area contributed by atoms with Crippen molar-refractivity contribution in [3.8, 4) is 11.5 Å². The predicted octanol–water partition coefficient (Wildman–Crippen LogP) is 3.71. The first-order chi connectivity index (χ1) is 17.9. The third kappa shape index (κ3) is 6.16. The van der Waals surface area contributed by atoms with E-state index in [2.05, 4.69) is 5.10 Å². The Hall–Kier alpha value is -3.44. The predicted molar refractivity (Wildman–Crippen MR) is 149 cm³/mol. The lowest BCUT2D eigenvalue weighted by molar-refractivity contribution is -0.130. The van der Waals surface area contributed by atoms with Crippen LogP contribution in [0.5, 0.6) is 11.5 Å². The summed E-state index contributed by atoms with van der Waals surface area (Å²) in [5.41, 5.74) is 2.59. The summed E-state index contributed by atoms with van der Waals surface area (Å²) in [6.07, 6.45) is 1.87. The molecule has 2 aromatic carbocycles. The first kappa shape index (κ1) is 29.1. The summed E-state index contributed by atoms with van der Waals surface area (Å²) in [4.78, 5) is 16.9. The molecule has 38 heavy (non-hydrogen) atoms. The average molecular weight is 564 g/mol. The fraction of sp³-hybridized carbons (Fsp3) is 0.385. The third-order valence-corrected chi connectivity index (χ3v) is 8.20. The number of methoxy groups -OCH3 is 2. The molecule has 0 aliphatic heterocycles. The van der Waals surface area contributed by atoms with Gasteiger partial charge < -0.3 is 19.3 Å². The summed E-state index contributed by atoms with van der Waals surface area (Å²) in [7, 11) is 4.10. The number of hydrogen-bond donors (Lipinski definition) is 0. The van der Waals surface area contributed by atoms with Crippen LogP contribution in [0.25, 0.3) is 0 Å². The van der Waals surface area contributed by atoms with Crippen LogP contribution >= 0.6 is 11.6 Å². The largest absolute Gasteiger partial charge is 0.493 e. The highest BCUT2D eigenvalue weighted by atomic mass is 35.5. The number of benzene rings is 2. The molecule has 0 unspecified atom stereocenters. The standard InChI is InChI=1S/C26H34ClN5O5S/c1-8-31(16-22-18(2)15-30(5)28-22)26(33)17-32(23-13-19(29(3)4)9-11-21(23)27)38(34,35)20-10-12-24(36-6)25(14-20)37-7/h9-15H,8,16-17H2,1-7H3. The number of ether oxygens (including phenoxy) is 2. The summed E-state index contributed by atoms with van der Waals surface area (Å²) >= 11 is 6.54. The van der Waals surface area contributed by atoms with Gasteiger partial charge in [0.25, 0.3) is 10.0 Å². The maximum atomic E-state index is 14.1. The molecule has 0 fully saturated rings. The monoisotopic (exact) mass is 563 g/mol. The zero-order chi connectivity index (χ0) is 28.2. The van der Waals surface area contributed by atoms with Gasteiger partial charge in [0.2, 0.25) is 5.91 Å². The molecular weight excluding hydrogens is 530 g/mol. The molecule has 10 nitrogen and oxygen atoms in total. The van der Waals surface area contributed by atoms with Gasteiger partial charge in [-0.2, -0.15) is 5.10 Å². The SMILES string of the molecule is CCN(Cc1nn(C)cc1C)C(=O)CN(c1cc(N(C)C)ccc1Cl)S(=O)(=O)c1ccc(OC)c(OC)c1. The molecule has 0 spiro atoms. The Balaban J connectivity index is 2.09. The Morgan fingerprint density at radius 3 is 2.32 bits per heavy atom. The van der Waals surface area contributed by atoms with E-state index in [1.807, 2.05) is 46.1 Å². The molecular formula is C26H34ClN5O5S. The minimum atomic E-state index is -4.26. The second-order valence-electron chi connectivity index (χ2n) is 8.90. The smallest absolute Gasteiger partial charge is 0.264 e. The van der Waals surface area contributed by atoms with Gasteiger partial charge in [-0.05, 0) is 49.7 Å². The Labute approximate surface area is 229 Å². The summed E-state index contributed by atoms with van der Waals surface area (Å²) in [5, 5.41) is 4.62. The molecule has 1 amide bonds. The number of amides is 1. The number of hydrogen-bond acceptors (Lipinski definition) is 7. The highest BCUT2D eigenvalue weighted by Crippen LogP contribution is 2.36. The molecule has 1 aromatic heterocycles. The normalized spacial score (nSPS) is 11.3. The van der Waals surface area contributed by atoms with Crippen molar-refractivity contribution >= 4 is 38.9 Å². The molecule has 3 rings (SSSR count). The highest BCUT2D eigenvalue weighted by molar-refractivity contribution is 7.92. The van der Waals surface area contributed by atoms with E-state index in [-0.39, 0.29) is 27.9 Å². The molecule has 0 bridgehead atoms. The van der Waals surface area contributed by atoms with Crippen LogP contribution in [-0.4, -0.2) is 70.4 Å². The van der Waals surface area contributed by atoms with E-state index in [1.165, 1.54) is 32.4 Å². The van der Waals surface area contributed by atoms with Crippen molar-refractivity contribution in [2.24, 2.45) is 7.05 Å². The molecule has 1 heterocycles. The molecule has 0 saturated carbocycles. The number of carbonyl (C=O) groups excluding carboxylic acids is 1. The molecule has 0 aliphatic rings. The van der Waals surface area contributed by atoms with Gasteiger partial charge in [0.1, 0.15) is 6.54 Å². The van der Waals surface area contributed by atoms with Crippen LogP contribution in [-0.2, 0) is 28.4 Å². The lowest BCUT2D eigenvalue weighted by Crippen LogP contribution is -2.43. The van der Waals surface area contributed by atoms with E-state index in [9.17, 15) is 13.2 Å². The van der Waals surface area contributed by atoms with Crippen LogP contribution in [0.15, 0.2) is 47.5 Å². The number of rotatable bonds is 11. The maximum Gasteiger partial charge on any atom is 0.264 e. The van der Waals surface area contributed by atoms with Crippen LogP contribution < -0.4 is 18.7 Å². The Morgan fingerprint density at radius 2 is 1.76 bits per heavy atom. The van der Waals surface area contributed by atoms with Crippen molar-refractivity contribution in [2.45, 2.75) is 25.3 Å². The summed E-state index contributed by atoms with van der Waals surface area (Å²) < 4.78 is 41.4. The van der Waals surface area contributed by atoms with Crippen molar-refractivity contribution in [3.63, 3.8) is 0 Å². The van der Waals surface area contributed by atoms with E-state index in [4.69, 9.17) is 21.1 Å². The van der Waals surface area contributed by atoms with Crippen molar-refractivity contribution in [2.75, 3.05) is 50.6 Å². The Bertz CT molecular complexity index is 1410. The van der Waals surface area contributed by atoms with Gasteiger partial charge >= 0.3 is 0 Å². The van der Waals surface area contributed by atoms with E-state index >= 15 is 0 Å². The van der Waals surface area contributed by atoms with Crippen LogP contribution in [0.1, 0.15) is 18.2 Å². The number of likely N-dealkylation sites (N-methyl/N-ethyl adjacent to an activating group) is 1. The van der Waals surface area contributed by atoms with E-state index < -0.39 is 22.5 Å². The maximum absolute atomic E-state index is 14.1. The van der Waals surface area contributed by atoms with E-state index in [0.29, 0.717) is 12.3 Å². The van der Waals surface area contributed by atoms with Gasteiger partial charge in [0, 0.05) is 45.6 Å². The minimum Gasteiger partial charge on any atom is -0.493 e. The van der Waals surface area contributed by atoms with Gasteiger partial charge in [0.05, 0.1) is 42.1 Å². The molecule has 206 valence electrons. The van der Waals surface area contributed by atoms with Crippen LogP contribution in [0.4, 0.5) is 11.4 Å². The fourth-order valence-corrected chi connectivity index (χ4v) is 5.67. The van der Waals surface area contributed by atoms with Gasteiger partial charge in [-0.3, -0.25) is 13.8 Å². The molecule has 0 N–H and O–H groups in total. The lowest BCUT2D eigenvalue weighted by atomic mass is 10.2. The Kier molecular flexibility index (Phi) is 9.16. The molecule has 0 atom stereocenters. The minimum absolute atomic E-state index is 0.0714. The van der Waals surface area contributed by atoms with Gasteiger partial charge in [-0.1, -0.05) is 11.6 Å². The van der Waals surface area contributed by atoms with Crippen molar-refractivity contribution < 1.29 is 22.7 Å².